The smallest absolute Gasteiger partial charge is 0.164 e. The van der Waals surface area contributed by atoms with Crippen LogP contribution in [-0.2, 0) is 37.7 Å². The molecule has 5 heteroatoms. The summed E-state index contributed by atoms with van der Waals surface area (Å²) in [6.45, 7) is 21.1. The molecule has 0 fully saturated rings. The molecule has 1 radical (unpaired) electrons. The van der Waals surface area contributed by atoms with Crippen molar-refractivity contribution in [3.05, 3.63) is 94.9 Å². The molecule has 0 atom stereocenters. The van der Waals surface area contributed by atoms with Crippen LogP contribution in [-0.4, -0.2) is 20.9 Å². The molecule has 0 amide bonds. The summed E-state index contributed by atoms with van der Waals surface area (Å²) in [6.07, 6.45) is 8.84. The molecule has 0 aliphatic heterocycles. The van der Waals surface area contributed by atoms with Gasteiger partial charge in [0.15, 0.2) is 5.78 Å². The van der Waals surface area contributed by atoms with Crippen molar-refractivity contribution in [2.45, 2.75) is 120 Å². The van der Waals surface area contributed by atoms with Crippen molar-refractivity contribution in [2.75, 3.05) is 0 Å². The van der Waals surface area contributed by atoms with Crippen LogP contribution in [0.3, 0.4) is 0 Å². The zero-order valence-electron chi connectivity index (χ0n) is 30.8. The maximum Gasteiger partial charge on any atom is 0.164 e. The number of aliphatic hydroxyl groups is 1. The molecule has 48 heavy (non-hydrogen) atoms. The van der Waals surface area contributed by atoms with Gasteiger partial charge in [-0.2, -0.15) is 0 Å². The van der Waals surface area contributed by atoms with Crippen LogP contribution >= 0.6 is 0 Å². The molecule has 0 bridgehead atoms. The van der Waals surface area contributed by atoms with Crippen LogP contribution in [0.1, 0.15) is 129 Å². The molecule has 5 rings (SSSR count). The van der Waals surface area contributed by atoms with Gasteiger partial charge in [0.05, 0.1) is 11.5 Å². The Hall–Kier alpha value is -3.14. The first-order chi connectivity index (χ1) is 22.3. The maximum atomic E-state index is 12.2. The molecule has 1 heterocycles. The van der Waals surface area contributed by atoms with Gasteiger partial charge in [-0.25, -0.2) is 0 Å². The number of ketones is 1. The number of allylic oxidation sites excluding steroid dienone is 2. The first-order valence-electron chi connectivity index (χ1n) is 17.7. The number of carbonyl (C=O) groups excluding carboxylic acids is 1. The van der Waals surface area contributed by atoms with Gasteiger partial charge >= 0.3 is 0 Å². The first kappa shape index (κ1) is 39.3. The van der Waals surface area contributed by atoms with E-state index in [1.54, 1.807) is 0 Å². The average molecular weight is 824 g/mol. The number of hydrogen-bond donors (Lipinski definition) is 1. The number of carbonyl (C=O) groups is 1. The number of rotatable bonds is 10. The van der Waals surface area contributed by atoms with Crippen molar-refractivity contribution < 1.29 is 30.0 Å². The van der Waals surface area contributed by atoms with E-state index in [1.165, 1.54) is 39.3 Å². The monoisotopic (exact) mass is 824 g/mol. The molecular weight excluding hydrogens is 769 g/mol. The van der Waals surface area contributed by atoms with Crippen molar-refractivity contribution in [2.24, 2.45) is 10.8 Å². The van der Waals surface area contributed by atoms with Crippen molar-refractivity contribution in [3.63, 3.8) is 0 Å². The summed E-state index contributed by atoms with van der Waals surface area (Å²) < 4.78 is 0. The molecule has 0 saturated heterocycles. The van der Waals surface area contributed by atoms with E-state index >= 15 is 0 Å². The van der Waals surface area contributed by atoms with E-state index in [4.69, 9.17) is 9.97 Å². The quantitative estimate of drug-likeness (QED) is 0.0983. The number of aliphatic hydroxyl groups excluding tert-OH is 1. The number of benzene rings is 3. The first-order valence-corrected chi connectivity index (χ1v) is 17.7. The van der Waals surface area contributed by atoms with E-state index < -0.39 is 0 Å². The largest absolute Gasteiger partial charge is 0.512 e. The predicted octanol–water partition coefficient (Wildman–Crippen LogP) is 11.8. The summed E-state index contributed by atoms with van der Waals surface area (Å²) in [7, 11) is 0. The van der Waals surface area contributed by atoms with Crippen LogP contribution in [0.4, 0.5) is 0 Å². The zero-order chi connectivity index (χ0) is 34.5. The van der Waals surface area contributed by atoms with Crippen LogP contribution in [0, 0.1) is 16.9 Å². The Labute approximate surface area is 303 Å². The number of aryl methyl sites for hydroxylation is 2. The minimum atomic E-state index is -0.337. The van der Waals surface area contributed by atoms with Gasteiger partial charge in [-0.3, -0.25) is 14.8 Å². The molecule has 1 aliphatic carbocycles. The molecule has 4 nitrogen and oxygen atoms in total. The molecule has 3 aromatic carbocycles. The second-order valence-electron chi connectivity index (χ2n) is 14.4. The molecular formula is C43H55IrN2O2-. The van der Waals surface area contributed by atoms with Crippen molar-refractivity contribution in [1.82, 2.24) is 9.97 Å². The summed E-state index contributed by atoms with van der Waals surface area (Å²) in [5, 5.41) is 12.5. The van der Waals surface area contributed by atoms with Crippen LogP contribution in [0.15, 0.2) is 66.6 Å². The standard InChI is InChI=1S/C28H27N2.C15H28O2.Ir/c1-17(2)19-11-12-25-21(13-19)9-10-22-16-29-28(30-27(22)25)23-14-20-7-5-6-8-24(20)26(15-23)18(3)4;1-7-14(5,8-2)12(16)11-13(17)15(6,9-3)10-4;/h5-8,11-13,15-18H,9-10H2,1-4H3;11,16H,7-10H2,1-6H3;/q-1;;/b;12-11-;. The Morgan fingerprint density at radius 1 is 0.875 bits per heavy atom. The van der Waals surface area contributed by atoms with E-state index in [0.717, 1.165) is 61.0 Å². The van der Waals surface area contributed by atoms with Crippen molar-refractivity contribution in [3.8, 4) is 22.6 Å². The minimum Gasteiger partial charge on any atom is -0.512 e. The van der Waals surface area contributed by atoms with Crippen molar-refractivity contribution >= 4 is 16.6 Å². The summed E-state index contributed by atoms with van der Waals surface area (Å²) >= 11 is 0. The summed E-state index contributed by atoms with van der Waals surface area (Å²) in [5.74, 6) is 2.02. The fourth-order valence-corrected chi connectivity index (χ4v) is 6.17. The number of hydrogen-bond acceptors (Lipinski definition) is 4. The van der Waals surface area contributed by atoms with E-state index in [-0.39, 0.29) is 42.5 Å². The summed E-state index contributed by atoms with van der Waals surface area (Å²) in [4.78, 5) is 22.0. The number of fused-ring (bicyclic) bond motifs is 4. The summed E-state index contributed by atoms with van der Waals surface area (Å²) in [5.41, 5.74) is 8.09. The normalized spacial score (nSPS) is 13.0. The number of aromatic nitrogens is 2. The second-order valence-corrected chi connectivity index (χ2v) is 14.4. The second kappa shape index (κ2) is 16.5. The fraction of sp³-hybridized carbons (Fsp3) is 0.465. The Bertz CT molecular complexity index is 1750. The molecule has 259 valence electrons. The number of nitrogens with zero attached hydrogens (tertiary/aromatic N) is 2. The Kier molecular flexibility index (Phi) is 13.5. The van der Waals surface area contributed by atoms with Gasteiger partial charge in [-0.15, -0.1) is 29.1 Å². The Balaban J connectivity index is 0.000000301. The van der Waals surface area contributed by atoms with Gasteiger partial charge < -0.3 is 5.11 Å². The molecule has 0 spiro atoms. The SMILES string of the molecule is CC(C)c1ccc2c(c1)CCc1cnc(-c3[c-]c4ccccc4c(C(C)C)c3)nc1-2.CCC(C)(CC)C(=O)/C=C(\O)C(C)(CC)CC.[Ir]. The third-order valence-electron chi connectivity index (χ3n) is 10.9. The topological polar surface area (TPSA) is 63.1 Å². The molecule has 1 aliphatic rings. The van der Waals surface area contributed by atoms with E-state index in [2.05, 4.69) is 82.3 Å². The van der Waals surface area contributed by atoms with Gasteiger partial charge in [0.2, 0.25) is 0 Å². The Morgan fingerprint density at radius 2 is 1.50 bits per heavy atom. The van der Waals surface area contributed by atoms with Crippen LogP contribution in [0.5, 0.6) is 0 Å². The molecule has 1 N–H and O–H groups in total. The molecule has 1 aromatic heterocycles. The Morgan fingerprint density at radius 3 is 2.10 bits per heavy atom. The van der Waals surface area contributed by atoms with Gasteiger partial charge in [0.25, 0.3) is 0 Å². The molecule has 0 unspecified atom stereocenters. The fourth-order valence-electron chi connectivity index (χ4n) is 6.17. The van der Waals surface area contributed by atoms with E-state index in [0.29, 0.717) is 11.8 Å². The third kappa shape index (κ3) is 8.35. The van der Waals surface area contributed by atoms with Gasteiger partial charge in [-0.05, 0) is 67.1 Å². The molecule has 4 aromatic rings. The predicted molar refractivity (Wildman–Crippen MR) is 198 cm³/mol. The van der Waals surface area contributed by atoms with E-state index in [1.807, 2.05) is 47.7 Å². The van der Waals surface area contributed by atoms with Crippen LogP contribution in [0.25, 0.3) is 33.4 Å². The molecule has 0 saturated carbocycles. The van der Waals surface area contributed by atoms with Crippen LogP contribution in [0.2, 0.25) is 0 Å². The summed E-state index contributed by atoms with van der Waals surface area (Å²) in [6, 6.07) is 21.1. The maximum absolute atomic E-state index is 12.2. The van der Waals surface area contributed by atoms with Gasteiger partial charge in [-0.1, -0.05) is 117 Å². The van der Waals surface area contributed by atoms with Crippen LogP contribution < -0.4 is 0 Å². The van der Waals surface area contributed by atoms with Crippen molar-refractivity contribution in [1.29, 1.82) is 0 Å². The van der Waals surface area contributed by atoms with Gasteiger partial charge in [0.1, 0.15) is 5.76 Å². The average Bonchev–Trinajstić information content (AvgIpc) is 3.09. The third-order valence-corrected chi connectivity index (χ3v) is 10.9. The minimum absolute atomic E-state index is 0. The zero-order valence-corrected chi connectivity index (χ0v) is 33.1. The van der Waals surface area contributed by atoms with E-state index in [9.17, 15) is 9.90 Å². The van der Waals surface area contributed by atoms with Gasteiger partial charge in [0, 0.05) is 48.8 Å².